The zero-order chi connectivity index (χ0) is 21.7. The van der Waals surface area contributed by atoms with Gasteiger partial charge < -0.3 is 5.32 Å². The molecule has 1 saturated heterocycles. The maximum absolute atomic E-state index is 13.4. The number of hydrogen-bond acceptors (Lipinski definition) is 3. The lowest BCUT2D eigenvalue weighted by Crippen LogP contribution is -2.38. The van der Waals surface area contributed by atoms with Gasteiger partial charge in [-0.15, -0.1) is 0 Å². The third-order valence-corrected chi connectivity index (χ3v) is 7.22. The van der Waals surface area contributed by atoms with Gasteiger partial charge in [0.1, 0.15) is 0 Å². The summed E-state index contributed by atoms with van der Waals surface area (Å²) in [6, 6.07) is 13.9. The number of aryl methyl sites for hydroxylation is 1. The molecule has 5 rings (SSSR count). The zero-order valence-corrected chi connectivity index (χ0v) is 17.9. The second-order valence-corrected chi connectivity index (χ2v) is 9.06. The highest BCUT2D eigenvalue weighted by Crippen LogP contribution is 2.54. The lowest BCUT2D eigenvalue weighted by Gasteiger charge is -2.28. The van der Waals surface area contributed by atoms with Gasteiger partial charge in [-0.2, -0.15) is 0 Å². The van der Waals surface area contributed by atoms with E-state index in [4.69, 9.17) is 11.6 Å². The van der Waals surface area contributed by atoms with Crippen molar-refractivity contribution in [1.82, 2.24) is 4.90 Å². The zero-order valence-electron chi connectivity index (χ0n) is 17.1. The van der Waals surface area contributed by atoms with Crippen molar-refractivity contribution in [2.24, 2.45) is 23.7 Å². The summed E-state index contributed by atoms with van der Waals surface area (Å²) < 4.78 is 0. The molecule has 0 spiro atoms. The van der Waals surface area contributed by atoms with Gasteiger partial charge in [0.25, 0.3) is 0 Å². The van der Waals surface area contributed by atoms with Crippen molar-refractivity contribution in [3.63, 3.8) is 0 Å². The first kappa shape index (κ1) is 20.0. The van der Waals surface area contributed by atoms with E-state index in [9.17, 15) is 14.4 Å². The summed E-state index contributed by atoms with van der Waals surface area (Å²) in [5, 5.41) is 3.36. The quantitative estimate of drug-likeness (QED) is 0.555. The van der Waals surface area contributed by atoms with Gasteiger partial charge in [-0.3, -0.25) is 19.3 Å². The fourth-order valence-corrected chi connectivity index (χ4v) is 5.67. The van der Waals surface area contributed by atoms with Crippen LogP contribution < -0.4 is 5.32 Å². The number of allylic oxidation sites excluding steroid dienone is 2. The second kappa shape index (κ2) is 7.65. The minimum atomic E-state index is -0.734. The molecule has 1 heterocycles. The summed E-state index contributed by atoms with van der Waals surface area (Å²) in [4.78, 5) is 41.1. The molecular formula is C25H23ClN2O3. The van der Waals surface area contributed by atoms with Crippen LogP contribution in [0.2, 0.25) is 5.02 Å². The molecule has 0 aromatic heterocycles. The minimum absolute atomic E-state index is 0.0439. The average Bonchev–Trinajstić information content (AvgIpc) is 3.43. The van der Waals surface area contributed by atoms with E-state index in [1.807, 2.05) is 37.3 Å². The van der Waals surface area contributed by atoms with Gasteiger partial charge in [0.15, 0.2) is 0 Å². The molecule has 31 heavy (non-hydrogen) atoms. The summed E-state index contributed by atoms with van der Waals surface area (Å²) in [5.41, 5.74) is 2.27. The molecule has 3 amide bonds. The Morgan fingerprint density at radius 2 is 1.65 bits per heavy atom. The molecule has 2 aromatic carbocycles. The number of likely N-dealkylation sites (tertiary alicyclic amines) is 1. The third-order valence-electron chi connectivity index (χ3n) is 6.88. The standard InChI is InChI=1S/C25H23ClN2O3/c1-14-6-2-5-9-19(14)27-21(29)13-20(17-7-3-4-8-18(17)26)28-24(30)22-15-10-11-16(12-15)23(22)25(28)31/h2-11,15-16,20,22-23H,12-13H2,1H3,(H,27,29). The van der Waals surface area contributed by atoms with Crippen LogP contribution >= 0.6 is 11.6 Å². The Kier molecular flexibility index (Phi) is 4.94. The highest BCUT2D eigenvalue weighted by atomic mass is 35.5. The molecule has 2 fully saturated rings. The van der Waals surface area contributed by atoms with Crippen LogP contribution in [0, 0.1) is 30.6 Å². The summed E-state index contributed by atoms with van der Waals surface area (Å²) in [5.74, 6) is -1.02. The molecule has 2 aromatic rings. The topological polar surface area (TPSA) is 66.5 Å². The molecule has 2 aliphatic carbocycles. The molecule has 1 saturated carbocycles. The van der Waals surface area contributed by atoms with E-state index in [-0.39, 0.29) is 47.8 Å². The molecule has 0 radical (unpaired) electrons. The number of imide groups is 1. The van der Waals surface area contributed by atoms with E-state index in [0.717, 1.165) is 12.0 Å². The van der Waals surface area contributed by atoms with Gasteiger partial charge in [0, 0.05) is 10.7 Å². The van der Waals surface area contributed by atoms with Crippen LogP contribution in [0.1, 0.15) is 30.0 Å². The Morgan fingerprint density at radius 3 is 2.29 bits per heavy atom. The monoisotopic (exact) mass is 434 g/mol. The molecular weight excluding hydrogens is 412 g/mol. The van der Waals surface area contributed by atoms with E-state index in [1.165, 1.54) is 4.90 Å². The molecule has 158 valence electrons. The van der Waals surface area contributed by atoms with Crippen molar-refractivity contribution < 1.29 is 14.4 Å². The summed E-state index contributed by atoms with van der Waals surface area (Å²) in [7, 11) is 0. The van der Waals surface area contributed by atoms with Crippen molar-refractivity contribution in [1.29, 1.82) is 0 Å². The number of para-hydroxylation sites is 1. The van der Waals surface area contributed by atoms with Crippen LogP contribution in [0.25, 0.3) is 0 Å². The van der Waals surface area contributed by atoms with Crippen molar-refractivity contribution in [2.45, 2.75) is 25.8 Å². The molecule has 1 aliphatic heterocycles. The third kappa shape index (κ3) is 3.28. The van der Waals surface area contributed by atoms with Crippen LogP contribution in [-0.4, -0.2) is 22.6 Å². The molecule has 5 unspecified atom stereocenters. The SMILES string of the molecule is Cc1ccccc1NC(=O)CC(c1ccccc1Cl)N1C(=O)C2C3C=CC(C3)C2C1=O. The number of carbonyl (C=O) groups excluding carboxylic acids is 3. The highest BCUT2D eigenvalue weighted by molar-refractivity contribution is 6.31. The Hall–Kier alpha value is -2.92. The Labute approximate surface area is 186 Å². The first-order chi connectivity index (χ1) is 15.0. The van der Waals surface area contributed by atoms with Gasteiger partial charge in [0.05, 0.1) is 24.3 Å². The van der Waals surface area contributed by atoms with Crippen molar-refractivity contribution in [3.8, 4) is 0 Å². The van der Waals surface area contributed by atoms with Crippen LogP contribution in [0.3, 0.4) is 0 Å². The number of nitrogens with zero attached hydrogens (tertiary/aromatic N) is 1. The molecule has 6 heteroatoms. The number of hydrogen-bond donors (Lipinski definition) is 1. The maximum atomic E-state index is 13.4. The van der Waals surface area contributed by atoms with E-state index in [1.54, 1.807) is 18.2 Å². The van der Waals surface area contributed by atoms with Crippen LogP contribution in [0.5, 0.6) is 0 Å². The Morgan fingerprint density at radius 1 is 1.03 bits per heavy atom. The fourth-order valence-electron chi connectivity index (χ4n) is 5.41. The van der Waals surface area contributed by atoms with E-state index < -0.39 is 6.04 Å². The molecule has 1 N–H and O–H groups in total. The normalized spacial score (nSPS) is 27.0. The Bertz CT molecular complexity index is 1080. The summed E-state index contributed by atoms with van der Waals surface area (Å²) >= 11 is 6.46. The number of fused-ring (bicyclic) bond motifs is 5. The van der Waals surface area contributed by atoms with Crippen molar-refractivity contribution in [3.05, 3.63) is 76.8 Å². The molecule has 2 bridgehead atoms. The number of halogens is 1. The van der Waals surface area contributed by atoms with Gasteiger partial charge >= 0.3 is 0 Å². The number of nitrogens with one attached hydrogen (secondary N) is 1. The van der Waals surface area contributed by atoms with Gasteiger partial charge in [0.2, 0.25) is 17.7 Å². The number of amides is 3. The smallest absolute Gasteiger partial charge is 0.234 e. The van der Waals surface area contributed by atoms with Gasteiger partial charge in [-0.05, 0) is 48.4 Å². The van der Waals surface area contributed by atoms with Crippen LogP contribution in [0.15, 0.2) is 60.7 Å². The van der Waals surface area contributed by atoms with Gasteiger partial charge in [-0.1, -0.05) is 60.2 Å². The lowest BCUT2D eigenvalue weighted by atomic mass is 9.85. The minimum Gasteiger partial charge on any atom is -0.326 e. The fraction of sp³-hybridized carbons (Fsp3) is 0.320. The number of rotatable bonds is 5. The first-order valence-electron chi connectivity index (χ1n) is 10.6. The second-order valence-electron chi connectivity index (χ2n) is 8.65. The van der Waals surface area contributed by atoms with E-state index >= 15 is 0 Å². The predicted molar refractivity (Wildman–Crippen MR) is 118 cm³/mol. The lowest BCUT2D eigenvalue weighted by molar-refractivity contribution is -0.144. The van der Waals surface area contributed by atoms with Gasteiger partial charge in [-0.25, -0.2) is 0 Å². The Balaban J connectivity index is 1.47. The maximum Gasteiger partial charge on any atom is 0.234 e. The predicted octanol–water partition coefficient (Wildman–Crippen LogP) is 4.53. The number of carbonyl (C=O) groups is 3. The van der Waals surface area contributed by atoms with E-state index in [0.29, 0.717) is 16.3 Å². The van der Waals surface area contributed by atoms with Crippen molar-refractivity contribution >= 4 is 35.0 Å². The largest absolute Gasteiger partial charge is 0.326 e. The van der Waals surface area contributed by atoms with Crippen LogP contribution in [0.4, 0.5) is 5.69 Å². The summed E-state index contributed by atoms with van der Waals surface area (Å²) in [6.07, 6.45) is 4.95. The molecule has 3 aliphatic rings. The number of benzene rings is 2. The van der Waals surface area contributed by atoms with Crippen LogP contribution in [-0.2, 0) is 14.4 Å². The summed E-state index contributed by atoms with van der Waals surface area (Å²) in [6.45, 7) is 1.92. The highest BCUT2D eigenvalue weighted by Gasteiger charge is 2.60. The molecule has 5 nitrogen and oxygen atoms in total. The first-order valence-corrected chi connectivity index (χ1v) is 11.0. The average molecular weight is 435 g/mol. The molecule has 5 atom stereocenters. The number of anilines is 1. The van der Waals surface area contributed by atoms with E-state index in [2.05, 4.69) is 17.5 Å². The van der Waals surface area contributed by atoms with Crippen molar-refractivity contribution in [2.75, 3.05) is 5.32 Å².